The Morgan fingerprint density at radius 3 is 2.95 bits per heavy atom. The normalized spacial score (nSPS) is 27.1. The van der Waals surface area contributed by atoms with Crippen LogP contribution in [0.2, 0.25) is 4.34 Å². The van der Waals surface area contributed by atoms with Crippen LogP contribution in [0.5, 0.6) is 0 Å². The van der Waals surface area contributed by atoms with Crippen LogP contribution in [-0.2, 0) is 11.3 Å². The van der Waals surface area contributed by atoms with Crippen LogP contribution >= 0.6 is 22.9 Å². The molecule has 0 bridgehead atoms. The number of hydrogen-bond donors (Lipinski definition) is 1. The van der Waals surface area contributed by atoms with Gasteiger partial charge in [-0.05, 0) is 38.4 Å². The molecule has 1 aliphatic rings. The second-order valence-corrected chi connectivity index (χ2v) is 7.53. The minimum absolute atomic E-state index is 0.0640. The zero-order chi connectivity index (χ0) is 14.6. The van der Waals surface area contributed by atoms with Crippen molar-refractivity contribution < 1.29 is 4.74 Å². The molecule has 0 amide bonds. The summed E-state index contributed by atoms with van der Waals surface area (Å²) < 4.78 is 6.73. The number of likely N-dealkylation sites (N-methyl/N-ethyl adjacent to an activating group) is 1. The maximum atomic E-state index is 6.14. The summed E-state index contributed by atoms with van der Waals surface area (Å²) in [5.74, 6) is 0. The Hall–Kier alpha value is -0.130. The zero-order valence-corrected chi connectivity index (χ0v) is 14.0. The molecule has 1 fully saturated rings. The van der Waals surface area contributed by atoms with Crippen LogP contribution in [-0.4, -0.2) is 36.7 Å². The Bertz CT molecular complexity index is 424. The van der Waals surface area contributed by atoms with Crippen molar-refractivity contribution in [3.63, 3.8) is 0 Å². The molecule has 20 heavy (non-hydrogen) atoms. The summed E-state index contributed by atoms with van der Waals surface area (Å²) in [6, 6.07) is 4.07. The molecule has 2 rings (SSSR count). The van der Waals surface area contributed by atoms with Crippen molar-refractivity contribution in [2.75, 3.05) is 20.2 Å². The fraction of sp³-hybridized carbons (Fsp3) is 0.733. The SMILES string of the molecule is CCCC1CC(CN)(N(C)Cc2ccc(Cl)s2)CCO1. The maximum Gasteiger partial charge on any atom is 0.0931 e. The van der Waals surface area contributed by atoms with Crippen LogP contribution in [0, 0.1) is 0 Å². The first-order chi connectivity index (χ1) is 9.59. The average Bonchev–Trinajstić information content (AvgIpc) is 2.84. The van der Waals surface area contributed by atoms with E-state index < -0.39 is 0 Å². The summed E-state index contributed by atoms with van der Waals surface area (Å²) in [7, 11) is 2.18. The molecule has 0 radical (unpaired) electrons. The minimum atomic E-state index is 0.0640. The van der Waals surface area contributed by atoms with Gasteiger partial charge in [-0.25, -0.2) is 0 Å². The lowest BCUT2D eigenvalue weighted by molar-refractivity contribution is -0.0688. The van der Waals surface area contributed by atoms with Crippen molar-refractivity contribution in [3.8, 4) is 0 Å². The van der Waals surface area contributed by atoms with Gasteiger partial charge in [0.1, 0.15) is 0 Å². The standard InChI is InChI=1S/C15H25ClN2OS/c1-3-4-12-9-15(11-17,7-8-19-12)18(2)10-13-5-6-14(16)20-13/h5-6,12H,3-4,7-11,17H2,1-2H3. The van der Waals surface area contributed by atoms with E-state index in [0.717, 1.165) is 43.2 Å². The zero-order valence-electron chi connectivity index (χ0n) is 12.4. The molecule has 5 heteroatoms. The number of hydrogen-bond acceptors (Lipinski definition) is 4. The van der Waals surface area contributed by atoms with Gasteiger partial charge in [-0.2, -0.15) is 0 Å². The molecule has 2 N–H and O–H groups in total. The van der Waals surface area contributed by atoms with Crippen LogP contribution in [0.3, 0.4) is 0 Å². The maximum absolute atomic E-state index is 6.14. The smallest absolute Gasteiger partial charge is 0.0931 e. The number of nitrogens with two attached hydrogens (primary N) is 1. The van der Waals surface area contributed by atoms with E-state index in [1.165, 1.54) is 4.88 Å². The quantitative estimate of drug-likeness (QED) is 0.873. The van der Waals surface area contributed by atoms with Crippen LogP contribution in [0.4, 0.5) is 0 Å². The lowest BCUT2D eigenvalue weighted by Crippen LogP contribution is -2.56. The molecule has 1 aliphatic heterocycles. The summed E-state index contributed by atoms with van der Waals surface area (Å²) >= 11 is 7.67. The van der Waals surface area contributed by atoms with Gasteiger partial charge >= 0.3 is 0 Å². The molecule has 2 unspecified atom stereocenters. The van der Waals surface area contributed by atoms with Gasteiger partial charge in [0.05, 0.1) is 10.4 Å². The highest BCUT2D eigenvalue weighted by Gasteiger charge is 2.39. The number of ether oxygens (including phenoxy) is 1. The van der Waals surface area contributed by atoms with Crippen molar-refractivity contribution in [1.29, 1.82) is 0 Å². The van der Waals surface area contributed by atoms with Crippen LogP contribution < -0.4 is 5.73 Å². The fourth-order valence-electron chi connectivity index (χ4n) is 3.03. The highest BCUT2D eigenvalue weighted by atomic mass is 35.5. The van der Waals surface area contributed by atoms with Gasteiger partial charge in [0, 0.05) is 30.1 Å². The van der Waals surface area contributed by atoms with Crippen molar-refractivity contribution in [3.05, 3.63) is 21.3 Å². The third kappa shape index (κ3) is 3.74. The summed E-state index contributed by atoms with van der Waals surface area (Å²) in [6.45, 7) is 4.62. The number of thiophene rings is 1. The highest BCUT2D eigenvalue weighted by Crippen LogP contribution is 2.33. The van der Waals surface area contributed by atoms with Crippen molar-refractivity contribution >= 4 is 22.9 Å². The van der Waals surface area contributed by atoms with Crippen LogP contribution in [0.1, 0.15) is 37.5 Å². The molecule has 1 aromatic rings. The Morgan fingerprint density at radius 1 is 1.55 bits per heavy atom. The highest BCUT2D eigenvalue weighted by molar-refractivity contribution is 7.16. The van der Waals surface area contributed by atoms with E-state index in [9.17, 15) is 0 Å². The van der Waals surface area contributed by atoms with Crippen molar-refractivity contribution in [2.24, 2.45) is 5.73 Å². The molecule has 114 valence electrons. The molecule has 3 nitrogen and oxygen atoms in total. The molecule has 0 aromatic carbocycles. The summed E-state index contributed by atoms with van der Waals surface area (Å²) in [5.41, 5.74) is 6.20. The minimum Gasteiger partial charge on any atom is -0.378 e. The van der Waals surface area contributed by atoms with Gasteiger partial charge in [-0.1, -0.05) is 24.9 Å². The molecular weight excluding hydrogens is 292 g/mol. The van der Waals surface area contributed by atoms with E-state index in [0.29, 0.717) is 12.6 Å². The lowest BCUT2D eigenvalue weighted by Gasteiger charge is -2.46. The molecule has 1 saturated heterocycles. The second-order valence-electron chi connectivity index (χ2n) is 5.73. The first-order valence-electron chi connectivity index (χ1n) is 7.37. The molecule has 0 aliphatic carbocycles. The summed E-state index contributed by atoms with van der Waals surface area (Å²) in [4.78, 5) is 3.70. The Balaban J connectivity index is 2.04. The number of halogens is 1. The van der Waals surface area contributed by atoms with Gasteiger partial charge < -0.3 is 10.5 Å². The largest absolute Gasteiger partial charge is 0.378 e. The van der Waals surface area contributed by atoms with Crippen LogP contribution in [0.25, 0.3) is 0 Å². The third-order valence-corrected chi connectivity index (χ3v) is 5.57. The Morgan fingerprint density at radius 2 is 2.35 bits per heavy atom. The van der Waals surface area contributed by atoms with Crippen molar-refractivity contribution in [1.82, 2.24) is 4.90 Å². The number of nitrogens with zero attached hydrogens (tertiary/aromatic N) is 1. The molecule has 0 spiro atoms. The predicted octanol–water partition coefficient (Wildman–Crippen LogP) is 3.51. The van der Waals surface area contributed by atoms with E-state index in [1.54, 1.807) is 11.3 Å². The van der Waals surface area contributed by atoms with Gasteiger partial charge in [-0.3, -0.25) is 4.90 Å². The molecule has 1 aromatic heterocycles. The van der Waals surface area contributed by atoms with E-state index >= 15 is 0 Å². The monoisotopic (exact) mass is 316 g/mol. The molecule has 2 heterocycles. The van der Waals surface area contributed by atoms with Crippen molar-refractivity contribution in [2.45, 2.75) is 50.8 Å². The fourth-order valence-corrected chi connectivity index (χ4v) is 4.17. The summed E-state index contributed by atoms with van der Waals surface area (Å²) in [6.07, 6.45) is 4.69. The molecule has 2 atom stereocenters. The predicted molar refractivity (Wildman–Crippen MR) is 86.5 cm³/mol. The van der Waals surface area contributed by atoms with Gasteiger partial charge in [-0.15, -0.1) is 11.3 Å². The first kappa shape index (κ1) is 16.2. The average molecular weight is 317 g/mol. The topological polar surface area (TPSA) is 38.5 Å². The van der Waals surface area contributed by atoms with Gasteiger partial charge in [0.2, 0.25) is 0 Å². The Labute approximate surface area is 131 Å². The molecular formula is C15H25ClN2OS. The summed E-state index contributed by atoms with van der Waals surface area (Å²) in [5, 5.41) is 0. The van der Waals surface area contributed by atoms with Gasteiger partial charge in [0.25, 0.3) is 0 Å². The van der Waals surface area contributed by atoms with Crippen LogP contribution in [0.15, 0.2) is 12.1 Å². The second kappa shape index (κ2) is 7.23. The van der Waals surface area contributed by atoms with E-state index in [1.807, 2.05) is 6.07 Å². The molecule has 0 saturated carbocycles. The first-order valence-corrected chi connectivity index (χ1v) is 8.56. The Kier molecular flexibility index (Phi) is 5.87. The van der Waals surface area contributed by atoms with E-state index in [4.69, 9.17) is 22.1 Å². The lowest BCUT2D eigenvalue weighted by atomic mass is 9.84. The number of rotatable bonds is 6. The van der Waals surface area contributed by atoms with E-state index in [-0.39, 0.29) is 5.54 Å². The third-order valence-electron chi connectivity index (χ3n) is 4.35. The van der Waals surface area contributed by atoms with Gasteiger partial charge in [0.15, 0.2) is 0 Å². The van der Waals surface area contributed by atoms with E-state index in [2.05, 4.69) is 24.9 Å².